The van der Waals surface area contributed by atoms with Gasteiger partial charge in [0, 0.05) is 30.8 Å². The van der Waals surface area contributed by atoms with Gasteiger partial charge in [-0.1, -0.05) is 42.5 Å². The van der Waals surface area contributed by atoms with Gasteiger partial charge in [-0.25, -0.2) is 5.01 Å². The molecule has 0 saturated carbocycles. The molecule has 1 atom stereocenters. The van der Waals surface area contributed by atoms with Crippen molar-refractivity contribution in [3.63, 3.8) is 0 Å². The van der Waals surface area contributed by atoms with Crippen molar-refractivity contribution < 1.29 is 14.7 Å². The first-order chi connectivity index (χ1) is 13.6. The van der Waals surface area contributed by atoms with Gasteiger partial charge in [-0.3, -0.25) is 19.6 Å². The van der Waals surface area contributed by atoms with Gasteiger partial charge in [0.15, 0.2) is 0 Å². The van der Waals surface area contributed by atoms with E-state index in [2.05, 4.69) is 15.1 Å². The van der Waals surface area contributed by atoms with Crippen molar-refractivity contribution in [3.05, 3.63) is 72.1 Å². The summed E-state index contributed by atoms with van der Waals surface area (Å²) in [5.41, 5.74) is 4.04. The van der Waals surface area contributed by atoms with Crippen LogP contribution in [0.3, 0.4) is 0 Å². The average molecular weight is 374 g/mol. The van der Waals surface area contributed by atoms with Crippen LogP contribution < -0.4 is 0 Å². The summed E-state index contributed by atoms with van der Waals surface area (Å²) in [5, 5.41) is 14.9. The van der Waals surface area contributed by atoms with Crippen molar-refractivity contribution in [2.45, 2.75) is 25.3 Å². The van der Waals surface area contributed by atoms with Crippen LogP contribution in [-0.2, 0) is 9.59 Å². The fraction of sp³-hybridized carbons (Fsp3) is 0.190. The van der Waals surface area contributed by atoms with Crippen molar-refractivity contribution in [2.24, 2.45) is 5.10 Å². The highest BCUT2D eigenvalue weighted by atomic mass is 16.4. The number of para-hydroxylation sites is 1. The number of hydrogen-bond donors (Lipinski definition) is 1. The molecule has 0 aliphatic carbocycles. The summed E-state index contributed by atoms with van der Waals surface area (Å²) in [5.74, 6) is -1.33. The fourth-order valence-corrected chi connectivity index (χ4v) is 3.40. The highest BCUT2D eigenvalue weighted by Gasteiger charge is 2.34. The highest BCUT2D eigenvalue weighted by Crippen LogP contribution is 2.35. The Hall–Kier alpha value is -3.61. The third-order valence-corrected chi connectivity index (χ3v) is 4.71. The quantitative estimate of drug-likeness (QED) is 0.740. The Morgan fingerprint density at radius 3 is 2.57 bits per heavy atom. The predicted octanol–water partition coefficient (Wildman–Crippen LogP) is 3.17. The van der Waals surface area contributed by atoms with E-state index in [-0.39, 0.29) is 24.8 Å². The van der Waals surface area contributed by atoms with Crippen LogP contribution in [-0.4, -0.2) is 37.7 Å². The van der Waals surface area contributed by atoms with Gasteiger partial charge in [0.25, 0.3) is 0 Å². The van der Waals surface area contributed by atoms with Crippen molar-refractivity contribution in [1.82, 2.24) is 15.0 Å². The molecule has 4 rings (SSSR count). The molecule has 1 N–H and O–H groups in total. The Bertz CT molecular complexity index is 1060. The average Bonchev–Trinajstić information content (AvgIpc) is 3.17. The molecule has 1 aliphatic heterocycles. The molecule has 0 saturated heterocycles. The molecule has 0 fully saturated rings. The molecule has 1 aromatic heterocycles. The second kappa shape index (κ2) is 7.56. The van der Waals surface area contributed by atoms with Gasteiger partial charge in [0.05, 0.1) is 29.2 Å². The largest absolute Gasteiger partial charge is 0.481 e. The Morgan fingerprint density at radius 1 is 1.00 bits per heavy atom. The van der Waals surface area contributed by atoms with Crippen molar-refractivity contribution in [2.75, 3.05) is 0 Å². The monoisotopic (exact) mass is 374 g/mol. The lowest BCUT2D eigenvalue weighted by molar-refractivity contribution is -0.141. The summed E-state index contributed by atoms with van der Waals surface area (Å²) < 4.78 is 0. The van der Waals surface area contributed by atoms with Gasteiger partial charge >= 0.3 is 5.97 Å². The van der Waals surface area contributed by atoms with Crippen LogP contribution in [0.4, 0.5) is 0 Å². The zero-order chi connectivity index (χ0) is 19.5. The molecule has 7 heteroatoms. The molecular formula is C21H18N4O3. The summed E-state index contributed by atoms with van der Waals surface area (Å²) in [6, 6.07) is 15.0. The van der Waals surface area contributed by atoms with Gasteiger partial charge in [0.2, 0.25) is 5.91 Å². The maximum Gasteiger partial charge on any atom is 0.303 e. The molecule has 2 aromatic carbocycles. The van der Waals surface area contributed by atoms with Crippen LogP contribution in [0.15, 0.2) is 66.0 Å². The standard InChI is InChI=1S/C21H18N4O3/c26-19(9-10-20(27)28)25-18(13-17(24-25)14-5-2-1-3-6-14)15-7-4-8-16-21(15)23-12-11-22-16/h1-8,11-12,18H,9-10,13H2,(H,27,28). The first-order valence-electron chi connectivity index (χ1n) is 9.00. The minimum absolute atomic E-state index is 0.103. The fourth-order valence-electron chi connectivity index (χ4n) is 3.40. The normalized spacial score (nSPS) is 16.2. The first kappa shape index (κ1) is 17.8. The smallest absolute Gasteiger partial charge is 0.303 e. The number of rotatable bonds is 5. The minimum Gasteiger partial charge on any atom is -0.481 e. The van der Waals surface area contributed by atoms with E-state index in [0.717, 1.165) is 27.9 Å². The zero-order valence-corrected chi connectivity index (χ0v) is 15.0. The summed E-state index contributed by atoms with van der Waals surface area (Å²) in [7, 11) is 0. The number of nitrogens with zero attached hydrogens (tertiary/aromatic N) is 4. The summed E-state index contributed by atoms with van der Waals surface area (Å²) in [4.78, 5) is 32.5. The number of benzene rings is 2. The summed E-state index contributed by atoms with van der Waals surface area (Å²) >= 11 is 0. The molecule has 1 amide bonds. The second-order valence-electron chi connectivity index (χ2n) is 6.54. The second-order valence-corrected chi connectivity index (χ2v) is 6.54. The Morgan fingerprint density at radius 2 is 1.79 bits per heavy atom. The van der Waals surface area contributed by atoms with Crippen molar-refractivity contribution in [1.29, 1.82) is 0 Å². The van der Waals surface area contributed by atoms with E-state index in [1.165, 1.54) is 5.01 Å². The number of carbonyl (C=O) groups is 2. The number of aromatic nitrogens is 2. The molecule has 140 valence electrons. The van der Waals surface area contributed by atoms with Crippen LogP contribution in [0, 0.1) is 0 Å². The van der Waals surface area contributed by atoms with Crippen LogP contribution >= 0.6 is 0 Å². The lowest BCUT2D eigenvalue weighted by Gasteiger charge is -2.22. The molecule has 3 aromatic rings. The highest BCUT2D eigenvalue weighted by molar-refractivity contribution is 6.03. The molecule has 1 unspecified atom stereocenters. The van der Waals surface area contributed by atoms with E-state index in [4.69, 9.17) is 5.11 Å². The van der Waals surface area contributed by atoms with Crippen LogP contribution in [0.25, 0.3) is 11.0 Å². The Labute approximate surface area is 161 Å². The number of hydrazone groups is 1. The lowest BCUT2D eigenvalue weighted by Crippen LogP contribution is -2.27. The molecule has 7 nitrogen and oxygen atoms in total. The molecular weight excluding hydrogens is 356 g/mol. The molecule has 2 heterocycles. The Kier molecular flexibility index (Phi) is 4.80. The van der Waals surface area contributed by atoms with Crippen LogP contribution in [0.5, 0.6) is 0 Å². The SMILES string of the molecule is O=C(O)CCC(=O)N1N=C(c2ccccc2)CC1c1cccc2nccnc12. The van der Waals surface area contributed by atoms with Crippen molar-refractivity contribution in [3.8, 4) is 0 Å². The van der Waals surface area contributed by atoms with E-state index >= 15 is 0 Å². The number of carbonyl (C=O) groups excluding carboxylic acids is 1. The maximum absolute atomic E-state index is 12.8. The zero-order valence-electron chi connectivity index (χ0n) is 15.0. The molecule has 0 bridgehead atoms. The molecule has 0 radical (unpaired) electrons. The summed E-state index contributed by atoms with van der Waals surface area (Å²) in [6.45, 7) is 0. The third kappa shape index (κ3) is 3.46. The topological polar surface area (TPSA) is 95.8 Å². The van der Waals surface area contributed by atoms with E-state index in [1.807, 2.05) is 48.5 Å². The molecule has 1 aliphatic rings. The van der Waals surface area contributed by atoms with Gasteiger partial charge in [0.1, 0.15) is 0 Å². The number of carboxylic acid groups (broad SMARTS) is 1. The first-order valence-corrected chi connectivity index (χ1v) is 9.00. The Balaban J connectivity index is 1.74. The minimum atomic E-state index is -1.01. The number of hydrogen-bond acceptors (Lipinski definition) is 5. The van der Waals surface area contributed by atoms with Gasteiger partial charge in [-0.2, -0.15) is 5.10 Å². The van der Waals surface area contributed by atoms with Crippen LogP contribution in [0.1, 0.15) is 36.4 Å². The van der Waals surface area contributed by atoms with Crippen LogP contribution in [0.2, 0.25) is 0 Å². The van der Waals surface area contributed by atoms with E-state index in [1.54, 1.807) is 12.4 Å². The number of carboxylic acids is 1. The number of aliphatic carboxylic acids is 1. The van der Waals surface area contributed by atoms with Gasteiger partial charge in [-0.05, 0) is 11.6 Å². The number of fused-ring (bicyclic) bond motifs is 1. The number of amides is 1. The molecule has 0 spiro atoms. The predicted molar refractivity (Wildman–Crippen MR) is 104 cm³/mol. The van der Waals surface area contributed by atoms with Crippen molar-refractivity contribution >= 4 is 28.6 Å². The lowest BCUT2D eigenvalue weighted by atomic mass is 9.97. The van der Waals surface area contributed by atoms with E-state index < -0.39 is 5.97 Å². The van der Waals surface area contributed by atoms with Gasteiger partial charge < -0.3 is 5.11 Å². The molecule has 28 heavy (non-hydrogen) atoms. The maximum atomic E-state index is 12.8. The summed E-state index contributed by atoms with van der Waals surface area (Å²) in [6.07, 6.45) is 3.44. The third-order valence-electron chi connectivity index (χ3n) is 4.71. The van der Waals surface area contributed by atoms with Gasteiger partial charge in [-0.15, -0.1) is 0 Å². The van der Waals surface area contributed by atoms with E-state index in [0.29, 0.717) is 6.42 Å². The van der Waals surface area contributed by atoms with E-state index in [9.17, 15) is 9.59 Å².